The Hall–Kier alpha value is -2.86. The Bertz CT molecular complexity index is 988. The van der Waals surface area contributed by atoms with Gasteiger partial charge in [-0.1, -0.05) is 24.3 Å². The van der Waals surface area contributed by atoms with Crippen LogP contribution in [0, 0.1) is 12.7 Å². The molecule has 6 heteroatoms. The van der Waals surface area contributed by atoms with Crippen molar-refractivity contribution in [3.63, 3.8) is 0 Å². The molecule has 1 aliphatic heterocycles. The lowest BCUT2D eigenvalue weighted by Crippen LogP contribution is -2.20. The van der Waals surface area contributed by atoms with Gasteiger partial charge in [0.2, 0.25) is 0 Å². The van der Waals surface area contributed by atoms with Crippen molar-refractivity contribution in [3.8, 4) is 11.5 Å². The van der Waals surface area contributed by atoms with E-state index in [9.17, 15) is 4.39 Å². The van der Waals surface area contributed by atoms with Crippen LogP contribution in [0.3, 0.4) is 0 Å². The summed E-state index contributed by atoms with van der Waals surface area (Å²) in [5.74, 6) is 1.32. The second kappa shape index (κ2) is 9.30. The first-order chi connectivity index (χ1) is 14.6. The van der Waals surface area contributed by atoms with Crippen LogP contribution in [-0.4, -0.2) is 41.9 Å². The van der Waals surface area contributed by atoms with Crippen molar-refractivity contribution in [3.05, 3.63) is 76.9 Å². The fourth-order valence-electron chi connectivity index (χ4n) is 3.99. The van der Waals surface area contributed by atoms with E-state index >= 15 is 0 Å². The van der Waals surface area contributed by atoms with Crippen molar-refractivity contribution < 1.29 is 13.9 Å². The number of ether oxygens (including phenoxy) is 2. The molecule has 1 N–H and O–H groups in total. The van der Waals surface area contributed by atoms with E-state index in [1.807, 2.05) is 0 Å². The number of methoxy groups -OCH3 is 1. The summed E-state index contributed by atoms with van der Waals surface area (Å²) in [6, 6.07) is 15.0. The van der Waals surface area contributed by atoms with Crippen LogP contribution in [0.1, 0.15) is 34.9 Å². The zero-order valence-electron chi connectivity index (χ0n) is 17.5. The van der Waals surface area contributed by atoms with Gasteiger partial charge in [0, 0.05) is 36.7 Å². The average Bonchev–Trinajstić information content (AvgIpc) is 3.40. The first kappa shape index (κ1) is 20.4. The molecule has 0 spiro atoms. The Morgan fingerprint density at radius 1 is 1.17 bits per heavy atom. The Labute approximate surface area is 176 Å². The smallest absolute Gasteiger partial charge is 0.165 e. The lowest BCUT2D eigenvalue weighted by Gasteiger charge is -2.18. The molecule has 0 bridgehead atoms. The van der Waals surface area contributed by atoms with E-state index in [-0.39, 0.29) is 11.6 Å². The molecule has 5 nitrogen and oxygen atoms in total. The Kier molecular flexibility index (Phi) is 6.33. The predicted molar refractivity (Wildman–Crippen MR) is 115 cm³/mol. The van der Waals surface area contributed by atoms with Crippen LogP contribution in [0.5, 0.6) is 11.5 Å². The molecular weight excluding hydrogens is 381 g/mol. The third-order valence-electron chi connectivity index (χ3n) is 5.64. The van der Waals surface area contributed by atoms with E-state index in [0.29, 0.717) is 18.9 Å². The van der Waals surface area contributed by atoms with Crippen molar-refractivity contribution in [2.45, 2.75) is 32.2 Å². The van der Waals surface area contributed by atoms with E-state index in [1.165, 1.54) is 17.2 Å². The Morgan fingerprint density at radius 3 is 2.87 bits per heavy atom. The summed E-state index contributed by atoms with van der Waals surface area (Å²) >= 11 is 0. The standard InChI is InChI=1S/C24H28FN3O2/c1-17-7-8-19(24(13-17)29-2)16-28-11-9-18(15-28)22-14-20(26-27-22)10-12-30-23-6-4-3-5-21(23)25/h3-8,13-14,18H,9-12,15-16H2,1-2H3,(H,26,27)/t18-/m0/s1. The first-order valence-corrected chi connectivity index (χ1v) is 10.4. The molecule has 0 unspecified atom stereocenters. The number of likely N-dealkylation sites (tertiary alicyclic amines) is 1. The number of H-pyrrole nitrogens is 1. The number of benzene rings is 2. The number of hydrogen-bond donors (Lipinski definition) is 1. The number of para-hydroxylation sites is 1. The van der Waals surface area contributed by atoms with Gasteiger partial charge in [0.05, 0.1) is 19.4 Å². The van der Waals surface area contributed by atoms with Crippen LogP contribution in [0.4, 0.5) is 4.39 Å². The highest BCUT2D eigenvalue weighted by atomic mass is 19.1. The molecule has 0 radical (unpaired) electrons. The summed E-state index contributed by atoms with van der Waals surface area (Å²) in [6.45, 7) is 5.39. The summed E-state index contributed by atoms with van der Waals surface area (Å²) < 4.78 is 24.7. The highest BCUT2D eigenvalue weighted by molar-refractivity contribution is 5.37. The predicted octanol–water partition coefficient (Wildman–Crippen LogP) is 4.48. The summed E-state index contributed by atoms with van der Waals surface area (Å²) in [5.41, 5.74) is 4.53. The number of rotatable bonds is 8. The van der Waals surface area contributed by atoms with Gasteiger partial charge in [-0.05, 0) is 49.7 Å². The summed E-state index contributed by atoms with van der Waals surface area (Å²) in [5, 5.41) is 7.63. The molecule has 1 saturated heterocycles. The molecule has 158 valence electrons. The third-order valence-corrected chi connectivity index (χ3v) is 5.64. The molecule has 1 atom stereocenters. The van der Waals surface area contributed by atoms with E-state index in [4.69, 9.17) is 9.47 Å². The normalized spacial score (nSPS) is 16.7. The van der Waals surface area contributed by atoms with Crippen molar-refractivity contribution in [1.82, 2.24) is 15.1 Å². The van der Waals surface area contributed by atoms with E-state index in [2.05, 4.69) is 46.3 Å². The van der Waals surface area contributed by atoms with E-state index in [1.54, 1.807) is 25.3 Å². The minimum absolute atomic E-state index is 0.287. The molecular formula is C24H28FN3O2. The number of halogens is 1. The quantitative estimate of drug-likeness (QED) is 0.596. The molecule has 0 amide bonds. The molecule has 0 saturated carbocycles. The second-order valence-corrected chi connectivity index (χ2v) is 7.88. The Balaban J connectivity index is 1.30. The topological polar surface area (TPSA) is 50.4 Å². The number of aromatic nitrogens is 2. The zero-order chi connectivity index (χ0) is 20.9. The average molecular weight is 410 g/mol. The van der Waals surface area contributed by atoms with E-state index in [0.717, 1.165) is 43.2 Å². The van der Waals surface area contributed by atoms with Crippen LogP contribution in [-0.2, 0) is 13.0 Å². The van der Waals surface area contributed by atoms with Crippen molar-refractivity contribution in [2.75, 3.05) is 26.8 Å². The molecule has 4 rings (SSSR count). The maximum Gasteiger partial charge on any atom is 0.165 e. The largest absolute Gasteiger partial charge is 0.496 e. The van der Waals surface area contributed by atoms with Gasteiger partial charge in [0.25, 0.3) is 0 Å². The SMILES string of the molecule is COc1cc(C)ccc1CN1CC[C@H](c2cc(CCOc3ccccc3F)[nH]n2)C1. The fraction of sp³-hybridized carbons (Fsp3) is 0.375. The molecule has 0 aliphatic carbocycles. The summed E-state index contributed by atoms with van der Waals surface area (Å²) in [7, 11) is 1.73. The third kappa shape index (κ3) is 4.82. The first-order valence-electron chi connectivity index (χ1n) is 10.4. The summed E-state index contributed by atoms with van der Waals surface area (Å²) in [4.78, 5) is 2.45. The number of nitrogens with zero attached hydrogens (tertiary/aromatic N) is 2. The minimum Gasteiger partial charge on any atom is -0.496 e. The highest BCUT2D eigenvalue weighted by Gasteiger charge is 2.26. The molecule has 30 heavy (non-hydrogen) atoms. The van der Waals surface area contributed by atoms with Gasteiger partial charge in [-0.2, -0.15) is 5.10 Å². The number of aromatic amines is 1. The van der Waals surface area contributed by atoms with Crippen molar-refractivity contribution in [1.29, 1.82) is 0 Å². The lowest BCUT2D eigenvalue weighted by atomic mass is 10.0. The van der Waals surface area contributed by atoms with Crippen LogP contribution < -0.4 is 9.47 Å². The molecule has 3 aromatic rings. The second-order valence-electron chi connectivity index (χ2n) is 7.88. The van der Waals surface area contributed by atoms with Crippen LogP contribution in [0.25, 0.3) is 0 Å². The monoisotopic (exact) mass is 409 g/mol. The minimum atomic E-state index is -0.334. The molecule has 1 aromatic heterocycles. The van der Waals surface area contributed by atoms with Gasteiger partial charge < -0.3 is 9.47 Å². The zero-order valence-corrected chi connectivity index (χ0v) is 17.5. The lowest BCUT2D eigenvalue weighted by molar-refractivity contribution is 0.304. The van der Waals surface area contributed by atoms with Crippen LogP contribution in [0.2, 0.25) is 0 Å². The summed E-state index contributed by atoms with van der Waals surface area (Å²) in [6.07, 6.45) is 1.75. The number of nitrogens with one attached hydrogen (secondary N) is 1. The van der Waals surface area contributed by atoms with Crippen molar-refractivity contribution >= 4 is 0 Å². The van der Waals surface area contributed by atoms with E-state index < -0.39 is 0 Å². The van der Waals surface area contributed by atoms with Crippen molar-refractivity contribution in [2.24, 2.45) is 0 Å². The molecule has 2 aromatic carbocycles. The highest BCUT2D eigenvalue weighted by Crippen LogP contribution is 2.29. The molecule has 2 heterocycles. The van der Waals surface area contributed by atoms with Gasteiger partial charge in [0.15, 0.2) is 11.6 Å². The maximum atomic E-state index is 13.6. The van der Waals surface area contributed by atoms with Gasteiger partial charge in [0.1, 0.15) is 5.75 Å². The van der Waals surface area contributed by atoms with Gasteiger partial charge >= 0.3 is 0 Å². The number of hydrogen-bond acceptors (Lipinski definition) is 4. The molecule has 1 fully saturated rings. The van der Waals surface area contributed by atoms with Gasteiger partial charge in [-0.25, -0.2) is 4.39 Å². The fourth-order valence-corrected chi connectivity index (χ4v) is 3.99. The van der Waals surface area contributed by atoms with Gasteiger partial charge in [-0.15, -0.1) is 0 Å². The van der Waals surface area contributed by atoms with Crippen LogP contribution >= 0.6 is 0 Å². The number of aryl methyl sites for hydroxylation is 1. The maximum absolute atomic E-state index is 13.6. The van der Waals surface area contributed by atoms with Crippen LogP contribution in [0.15, 0.2) is 48.5 Å². The molecule has 1 aliphatic rings. The van der Waals surface area contributed by atoms with Gasteiger partial charge in [-0.3, -0.25) is 10.00 Å². The Morgan fingerprint density at radius 2 is 2.03 bits per heavy atom.